The predicted octanol–water partition coefficient (Wildman–Crippen LogP) is 5.02. The molecule has 0 atom stereocenters. The number of imide groups is 1. The number of urea groups is 1. The van der Waals surface area contributed by atoms with E-state index in [0.29, 0.717) is 22.6 Å². The molecule has 0 aromatic heterocycles. The molecule has 2 aromatic rings. The average Bonchev–Trinajstić information content (AvgIpc) is 3.11. The van der Waals surface area contributed by atoms with Gasteiger partial charge in [-0.25, -0.2) is 4.79 Å². The van der Waals surface area contributed by atoms with Crippen LogP contribution in [-0.4, -0.2) is 30.0 Å². The van der Waals surface area contributed by atoms with Crippen LogP contribution in [0.4, 0.5) is 4.79 Å². The molecule has 0 unspecified atom stereocenters. The van der Waals surface area contributed by atoms with Crippen LogP contribution >= 0.6 is 11.6 Å². The maximum atomic E-state index is 12.9. The molecule has 4 rings (SSSR count). The molecule has 1 aliphatic carbocycles. The molecule has 8 heteroatoms. The number of benzene rings is 2. The molecule has 2 fully saturated rings. The Bertz CT molecular complexity index is 1150. The minimum atomic E-state index is -0.382. The predicted molar refractivity (Wildman–Crippen MR) is 124 cm³/mol. The number of hydrogen-bond donors (Lipinski definition) is 1. The molecule has 33 heavy (non-hydrogen) atoms. The lowest BCUT2D eigenvalue weighted by Crippen LogP contribution is -2.41. The van der Waals surface area contributed by atoms with Crippen molar-refractivity contribution in [2.75, 3.05) is 7.11 Å². The van der Waals surface area contributed by atoms with Gasteiger partial charge in [0, 0.05) is 11.6 Å². The fourth-order valence-corrected chi connectivity index (χ4v) is 4.53. The molecular formula is C25H24ClN3O4. The summed E-state index contributed by atoms with van der Waals surface area (Å²) < 4.78 is 11.3. The van der Waals surface area contributed by atoms with Crippen molar-refractivity contribution in [1.29, 1.82) is 5.26 Å². The minimum Gasteiger partial charge on any atom is -0.493 e. The van der Waals surface area contributed by atoms with Gasteiger partial charge in [-0.15, -0.1) is 0 Å². The summed E-state index contributed by atoms with van der Waals surface area (Å²) in [6, 6.07) is 12.2. The van der Waals surface area contributed by atoms with Crippen molar-refractivity contribution < 1.29 is 19.1 Å². The van der Waals surface area contributed by atoms with Crippen LogP contribution in [0, 0.1) is 11.3 Å². The molecule has 1 heterocycles. The molecule has 170 valence electrons. The molecule has 7 nitrogen and oxygen atoms in total. The van der Waals surface area contributed by atoms with Gasteiger partial charge in [0.05, 0.1) is 23.8 Å². The van der Waals surface area contributed by atoms with Gasteiger partial charge in [0.1, 0.15) is 12.3 Å². The maximum Gasteiger partial charge on any atom is 0.329 e. The number of hydrogen-bond acceptors (Lipinski definition) is 5. The normalized spacial score (nSPS) is 17.7. The molecule has 1 aliphatic heterocycles. The summed E-state index contributed by atoms with van der Waals surface area (Å²) >= 11 is 6.47. The van der Waals surface area contributed by atoms with E-state index < -0.39 is 0 Å². The van der Waals surface area contributed by atoms with Gasteiger partial charge in [-0.05, 0) is 42.7 Å². The van der Waals surface area contributed by atoms with Gasteiger partial charge in [-0.1, -0.05) is 49.1 Å². The van der Waals surface area contributed by atoms with Crippen molar-refractivity contribution in [3.63, 3.8) is 0 Å². The zero-order valence-corrected chi connectivity index (χ0v) is 19.0. The number of carbonyl (C=O) groups is 2. The lowest BCUT2D eigenvalue weighted by atomic mass is 9.94. The Labute approximate surface area is 197 Å². The van der Waals surface area contributed by atoms with Crippen LogP contribution in [0.15, 0.2) is 42.1 Å². The Kier molecular flexibility index (Phi) is 6.85. The zero-order chi connectivity index (χ0) is 23.4. The van der Waals surface area contributed by atoms with E-state index in [4.69, 9.17) is 21.1 Å². The van der Waals surface area contributed by atoms with Crippen LogP contribution in [0.3, 0.4) is 0 Å². The van der Waals surface area contributed by atoms with Crippen molar-refractivity contribution in [3.8, 4) is 17.6 Å². The van der Waals surface area contributed by atoms with E-state index in [9.17, 15) is 14.9 Å². The summed E-state index contributed by atoms with van der Waals surface area (Å²) in [7, 11) is 1.49. The van der Waals surface area contributed by atoms with Crippen molar-refractivity contribution in [2.24, 2.45) is 0 Å². The molecule has 2 aromatic carbocycles. The quantitative estimate of drug-likeness (QED) is 0.477. The molecule has 0 spiro atoms. The summed E-state index contributed by atoms with van der Waals surface area (Å²) in [6.07, 6.45) is 6.45. The first-order valence-corrected chi connectivity index (χ1v) is 11.2. The zero-order valence-electron chi connectivity index (χ0n) is 18.3. The van der Waals surface area contributed by atoms with Gasteiger partial charge in [0.2, 0.25) is 0 Å². The lowest BCUT2D eigenvalue weighted by molar-refractivity contribution is -0.124. The number of amides is 3. The second-order valence-corrected chi connectivity index (χ2v) is 8.45. The molecule has 0 radical (unpaired) electrons. The van der Waals surface area contributed by atoms with E-state index in [0.717, 1.165) is 37.7 Å². The molecule has 1 saturated carbocycles. The Hall–Kier alpha value is -3.50. The summed E-state index contributed by atoms with van der Waals surface area (Å²) in [4.78, 5) is 26.7. The Morgan fingerprint density at radius 3 is 2.70 bits per heavy atom. The SMILES string of the molecule is COc1cc(/C=C2\NC(=O)N(C3CCCCC3)C2=O)cc(Cl)c1OCc1ccccc1C#N. The van der Waals surface area contributed by atoms with E-state index >= 15 is 0 Å². The fourth-order valence-electron chi connectivity index (χ4n) is 4.25. The number of halogens is 1. The van der Waals surface area contributed by atoms with Crippen LogP contribution in [0.1, 0.15) is 48.8 Å². The van der Waals surface area contributed by atoms with Crippen molar-refractivity contribution >= 4 is 29.6 Å². The topological polar surface area (TPSA) is 91.7 Å². The Morgan fingerprint density at radius 2 is 1.97 bits per heavy atom. The summed E-state index contributed by atoms with van der Waals surface area (Å²) in [5.74, 6) is 0.389. The van der Waals surface area contributed by atoms with Gasteiger partial charge in [0.25, 0.3) is 5.91 Å². The second-order valence-electron chi connectivity index (χ2n) is 8.05. The smallest absolute Gasteiger partial charge is 0.329 e. The molecule has 3 amide bonds. The number of rotatable bonds is 6. The molecule has 1 N–H and O–H groups in total. The summed E-state index contributed by atoms with van der Waals surface area (Å²) in [6.45, 7) is 0.144. The molecule has 2 aliphatic rings. The highest BCUT2D eigenvalue weighted by Crippen LogP contribution is 2.38. The van der Waals surface area contributed by atoms with Crippen LogP contribution < -0.4 is 14.8 Å². The van der Waals surface area contributed by atoms with E-state index in [1.165, 1.54) is 12.0 Å². The number of nitrogens with one attached hydrogen (secondary N) is 1. The highest BCUT2D eigenvalue weighted by molar-refractivity contribution is 6.32. The standard InChI is InChI=1S/C25H24ClN3O4/c1-32-22-13-16(11-20(26)23(22)33-15-18-8-6-5-7-17(18)14-27)12-21-24(30)29(25(31)28-21)19-9-3-2-4-10-19/h5-8,11-13,19H,2-4,9-10,15H2,1H3,(H,28,31)/b21-12-. The van der Waals surface area contributed by atoms with Crippen molar-refractivity contribution in [1.82, 2.24) is 10.2 Å². The molecular weight excluding hydrogens is 442 g/mol. The fraction of sp³-hybridized carbons (Fsp3) is 0.320. The van der Waals surface area contributed by atoms with E-state index in [-0.39, 0.29) is 35.3 Å². The van der Waals surface area contributed by atoms with Gasteiger partial charge in [-0.3, -0.25) is 9.69 Å². The first kappa shape index (κ1) is 22.7. The van der Waals surface area contributed by atoms with Crippen molar-refractivity contribution in [3.05, 3.63) is 63.8 Å². The van der Waals surface area contributed by atoms with Crippen LogP contribution in [0.25, 0.3) is 6.08 Å². The van der Waals surface area contributed by atoms with Crippen LogP contribution in [-0.2, 0) is 11.4 Å². The average molecular weight is 466 g/mol. The Balaban J connectivity index is 1.55. The summed E-state index contributed by atoms with van der Waals surface area (Å²) in [5, 5.41) is 12.2. The third-order valence-corrected chi connectivity index (χ3v) is 6.20. The third-order valence-electron chi connectivity index (χ3n) is 5.92. The van der Waals surface area contributed by atoms with Gasteiger partial charge in [0.15, 0.2) is 11.5 Å². The van der Waals surface area contributed by atoms with Crippen LogP contribution in [0.5, 0.6) is 11.5 Å². The van der Waals surface area contributed by atoms with Crippen LogP contribution in [0.2, 0.25) is 5.02 Å². The number of nitriles is 1. The largest absolute Gasteiger partial charge is 0.493 e. The maximum absolute atomic E-state index is 12.9. The van der Waals surface area contributed by atoms with Gasteiger partial charge >= 0.3 is 6.03 Å². The molecule has 1 saturated heterocycles. The second kappa shape index (κ2) is 9.97. The third kappa shape index (κ3) is 4.81. The van der Waals surface area contributed by atoms with Crippen molar-refractivity contribution in [2.45, 2.75) is 44.8 Å². The monoisotopic (exact) mass is 465 g/mol. The minimum absolute atomic E-state index is 0.0534. The van der Waals surface area contributed by atoms with Gasteiger partial charge < -0.3 is 14.8 Å². The number of nitrogens with zero attached hydrogens (tertiary/aromatic N) is 2. The number of methoxy groups -OCH3 is 1. The van der Waals surface area contributed by atoms with E-state index in [2.05, 4.69) is 11.4 Å². The lowest BCUT2D eigenvalue weighted by Gasteiger charge is -2.28. The Morgan fingerprint density at radius 1 is 1.21 bits per heavy atom. The van der Waals surface area contributed by atoms with E-state index in [1.807, 2.05) is 12.1 Å². The van der Waals surface area contributed by atoms with Gasteiger partial charge in [-0.2, -0.15) is 5.26 Å². The van der Waals surface area contributed by atoms with E-state index in [1.54, 1.807) is 30.3 Å². The highest BCUT2D eigenvalue weighted by Gasteiger charge is 2.39. The number of carbonyl (C=O) groups excluding carboxylic acids is 2. The first-order valence-electron chi connectivity index (χ1n) is 10.9. The first-order chi connectivity index (χ1) is 16.0. The molecule has 0 bridgehead atoms. The number of ether oxygens (including phenoxy) is 2. The highest BCUT2D eigenvalue weighted by atomic mass is 35.5. The summed E-state index contributed by atoms with van der Waals surface area (Å²) in [5.41, 5.74) is 2.05.